The summed E-state index contributed by atoms with van der Waals surface area (Å²) in [6, 6.07) is 0. The third kappa shape index (κ3) is 8.83. The zero-order valence-electron chi connectivity index (χ0n) is 1.54. The molecule has 0 aliphatic rings. The summed E-state index contributed by atoms with van der Waals surface area (Å²) in [4.78, 5) is 0. The van der Waals surface area contributed by atoms with Crippen LogP contribution in [0.5, 0.6) is 0 Å². The van der Waals surface area contributed by atoms with E-state index < -0.39 is 0 Å². The van der Waals surface area contributed by atoms with Crippen molar-refractivity contribution in [3.63, 3.8) is 0 Å². The summed E-state index contributed by atoms with van der Waals surface area (Å²) in [6.45, 7) is 0. The summed E-state index contributed by atoms with van der Waals surface area (Å²) < 4.78 is 0. The fourth-order valence-corrected chi connectivity index (χ4v) is 0. The average Bonchev–Trinajstić information content (AvgIpc) is 0. The minimum Gasteiger partial charge on any atom is -1.00 e. The zero-order chi connectivity index (χ0) is 0. The molecule has 0 aromatic heterocycles. The predicted octanol–water partition coefficient (Wildman–Crippen LogP) is -8.99. The van der Waals surface area contributed by atoms with Crippen LogP contribution in [-0.2, 0) is 17.4 Å². The quantitative estimate of drug-likeness (QED) is 0.334. The first kappa shape index (κ1) is 29.7. The number of rotatable bonds is 0. The van der Waals surface area contributed by atoms with Crippen LogP contribution in [0.3, 0.4) is 0 Å². The molecule has 0 heterocycles. The Morgan fingerprint density at radius 2 is 0.500 bits per heavy atom. The van der Waals surface area contributed by atoms with Gasteiger partial charge in [-0.1, -0.05) is 0 Å². The van der Waals surface area contributed by atoms with Crippen molar-refractivity contribution in [3.05, 3.63) is 0 Å². The molecule has 0 N–H and O–H groups in total. The maximum Gasteiger partial charge on any atom is 2.00 e. The van der Waals surface area contributed by atoms with Gasteiger partial charge in [-0.2, -0.15) is 0 Å². The van der Waals surface area contributed by atoms with E-state index in [1.807, 2.05) is 0 Å². The van der Waals surface area contributed by atoms with E-state index in [2.05, 4.69) is 0 Å². The summed E-state index contributed by atoms with van der Waals surface area (Å²) >= 11 is 0. The van der Waals surface area contributed by atoms with Gasteiger partial charge in [0, 0.05) is 0 Å². The van der Waals surface area contributed by atoms with E-state index in [4.69, 9.17) is 0 Å². The van der Waals surface area contributed by atoms with E-state index in [1.165, 1.54) is 0 Å². The molecule has 4 heavy (non-hydrogen) atoms. The van der Waals surface area contributed by atoms with Crippen molar-refractivity contribution in [2.24, 2.45) is 0 Å². The molecule has 0 rings (SSSR count). The minimum atomic E-state index is 0. The summed E-state index contributed by atoms with van der Waals surface area (Å²) in [5, 5.41) is 0. The van der Waals surface area contributed by atoms with E-state index in [9.17, 15) is 0 Å². The fourth-order valence-electron chi connectivity index (χ4n) is 0. The van der Waals surface area contributed by atoms with Crippen LogP contribution in [0.15, 0.2) is 0 Å². The topological polar surface area (TPSA) is 0 Å². The summed E-state index contributed by atoms with van der Waals surface area (Å²) in [7, 11) is 0. The third-order valence-corrected chi connectivity index (χ3v) is 0. The zero-order valence-corrected chi connectivity index (χ0v) is 9.29. The van der Waals surface area contributed by atoms with Gasteiger partial charge >= 0.3 is 17.4 Å². The van der Waals surface area contributed by atoms with E-state index >= 15 is 0 Å². The van der Waals surface area contributed by atoms with Crippen molar-refractivity contribution in [2.45, 2.75) is 0 Å². The molecule has 0 amide bonds. The molecular formula is CrI3-. The molecule has 0 saturated carbocycles. The van der Waals surface area contributed by atoms with Crippen LogP contribution >= 0.6 is 0 Å². The van der Waals surface area contributed by atoms with Crippen molar-refractivity contribution in [3.8, 4) is 0 Å². The first-order valence-corrected chi connectivity index (χ1v) is 0. The van der Waals surface area contributed by atoms with Gasteiger partial charge in [0.1, 0.15) is 0 Å². The average molecular weight is 433 g/mol. The second-order valence-corrected chi connectivity index (χ2v) is 0. The number of halogens is 3. The summed E-state index contributed by atoms with van der Waals surface area (Å²) in [6.07, 6.45) is 0. The smallest absolute Gasteiger partial charge is 1.00 e. The molecule has 0 saturated heterocycles. The molecule has 0 aromatic carbocycles. The Labute approximate surface area is 87.7 Å². The predicted molar refractivity (Wildman–Crippen MR) is 0 cm³/mol. The molecule has 0 unspecified atom stereocenters. The van der Waals surface area contributed by atoms with E-state index in [-0.39, 0.29) is 89.3 Å². The first-order valence-electron chi connectivity index (χ1n) is 0. The molecule has 0 nitrogen and oxygen atoms in total. The Morgan fingerprint density at radius 3 is 0.500 bits per heavy atom. The maximum atomic E-state index is 0. The van der Waals surface area contributed by atoms with Crippen LogP contribution in [0.2, 0.25) is 0 Å². The van der Waals surface area contributed by atoms with E-state index in [1.54, 1.807) is 0 Å². The number of hydrogen-bond acceptors (Lipinski definition) is 0. The van der Waals surface area contributed by atoms with Crippen LogP contribution < -0.4 is 71.9 Å². The van der Waals surface area contributed by atoms with Gasteiger partial charge in [-0.3, -0.25) is 0 Å². The molecule has 0 aliphatic heterocycles. The minimum absolute atomic E-state index is 0. The molecule has 4 heteroatoms. The van der Waals surface area contributed by atoms with Crippen LogP contribution in [0.4, 0.5) is 0 Å². The first-order chi connectivity index (χ1) is 0. The van der Waals surface area contributed by atoms with Gasteiger partial charge in [0.15, 0.2) is 0 Å². The molecule has 0 aliphatic carbocycles. The standard InChI is InChI=1S/Cr.3HI/h;3*1H/q+2;;;/p-3. The Kier molecular flexibility index (Phi) is 128. The van der Waals surface area contributed by atoms with Crippen molar-refractivity contribution < 1.29 is 89.3 Å². The Bertz CT molecular complexity index is 3.25. The van der Waals surface area contributed by atoms with Gasteiger partial charge in [-0.15, -0.1) is 0 Å². The van der Waals surface area contributed by atoms with E-state index in [0.29, 0.717) is 0 Å². The van der Waals surface area contributed by atoms with E-state index in [0.717, 1.165) is 0 Å². The molecular weight excluding hydrogens is 433 g/mol. The Balaban J connectivity index is 0. The molecule has 0 aromatic rings. The molecule has 0 radical (unpaired) electrons. The molecule has 28 valence electrons. The molecule has 0 bridgehead atoms. The van der Waals surface area contributed by atoms with Crippen molar-refractivity contribution in [2.75, 3.05) is 0 Å². The fraction of sp³-hybridized carbons (Fsp3) is 0. The Morgan fingerprint density at radius 1 is 0.500 bits per heavy atom. The van der Waals surface area contributed by atoms with Crippen LogP contribution in [0, 0.1) is 0 Å². The summed E-state index contributed by atoms with van der Waals surface area (Å²) in [5.41, 5.74) is 0. The van der Waals surface area contributed by atoms with Gasteiger partial charge in [-0.05, 0) is 0 Å². The Hall–Kier alpha value is 2.72. The van der Waals surface area contributed by atoms with Gasteiger partial charge in [0.25, 0.3) is 0 Å². The van der Waals surface area contributed by atoms with Crippen LogP contribution in [0.25, 0.3) is 0 Å². The van der Waals surface area contributed by atoms with Gasteiger partial charge in [0.05, 0.1) is 0 Å². The SMILES string of the molecule is [Cr+2].[I-].[I-].[I-]. The van der Waals surface area contributed by atoms with Crippen LogP contribution in [0.1, 0.15) is 0 Å². The molecule has 0 spiro atoms. The van der Waals surface area contributed by atoms with Crippen molar-refractivity contribution in [1.29, 1.82) is 0 Å². The van der Waals surface area contributed by atoms with Crippen molar-refractivity contribution in [1.82, 2.24) is 0 Å². The second-order valence-electron chi connectivity index (χ2n) is 0. The second kappa shape index (κ2) is 17.2. The van der Waals surface area contributed by atoms with Crippen LogP contribution in [-0.4, -0.2) is 0 Å². The maximum absolute atomic E-state index is 0. The molecule has 0 atom stereocenters. The summed E-state index contributed by atoms with van der Waals surface area (Å²) in [5.74, 6) is 0. The van der Waals surface area contributed by atoms with Gasteiger partial charge in [-0.25, -0.2) is 0 Å². The largest absolute Gasteiger partial charge is 2.00 e. The normalized spacial score (nSPS) is 0. The van der Waals surface area contributed by atoms with Gasteiger partial charge in [0.2, 0.25) is 0 Å². The van der Waals surface area contributed by atoms with Gasteiger partial charge < -0.3 is 71.9 Å². The third-order valence-electron chi connectivity index (χ3n) is 0. The number of hydrogen-bond donors (Lipinski definition) is 0. The monoisotopic (exact) mass is 433 g/mol. The molecule has 0 fully saturated rings. The van der Waals surface area contributed by atoms with Crippen molar-refractivity contribution >= 4 is 0 Å².